The average Bonchev–Trinajstić information content (AvgIpc) is 3.02. The van der Waals surface area contributed by atoms with Gasteiger partial charge >= 0.3 is 21.1 Å². The molecule has 0 unspecified atom stereocenters. The maximum absolute atomic E-state index is 14.1. The first-order valence-corrected chi connectivity index (χ1v) is 13.2. The van der Waals surface area contributed by atoms with Gasteiger partial charge in [-0.25, -0.2) is 0 Å². The standard InChI is InChI=1S/C36H24N2O2.Pt/c1-37-33-29-15-5-3-9-23(29)17-19-31(33)25-11-8-14-28(22-25)36(40)38(2)34-30-16-6-4-10-24(30)18-20-32(34)26-12-7-13-27(21-26)35(37)39;/h3-20H,1-2H3;/q-2;+4. The van der Waals surface area contributed by atoms with E-state index in [1.807, 2.05) is 97.1 Å². The largest absolute Gasteiger partial charge is 4.00 e. The normalized spacial score (nSPS) is 11.2. The van der Waals surface area contributed by atoms with Crippen LogP contribution in [0.15, 0.2) is 119 Å². The van der Waals surface area contributed by atoms with Crippen molar-refractivity contribution in [2.75, 3.05) is 0 Å². The average molecular weight is 712 g/mol. The minimum absolute atomic E-state index is 0. The summed E-state index contributed by atoms with van der Waals surface area (Å²) in [5, 5.41) is 7.96. The van der Waals surface area contributed by atoms with Crippen LogP contribution in [0.2, 0.25) is 0 Å². The van der Waals surface area contributed by atoms with E-state index in [2.05, 4.69) is 12.1 Å². The van der Waals surface area contributed by atoms with Crippen LogP contribution in [0.5, 0.6) is 0 Å². The van der Waals surface area contributed by atoms with Crippen molar-refractivity contribution in [3.05, 3.63) is 142 Å². The van der Waals surface area contributed by atoms with E-state index >= 15 is 0 Å². The first-order valence-electron chi connectivity index (χ1n) is 13.2. The number of hydrogen-bond acceptors (Lipinski definition) is 2. The van der Waals surface area contributed by atoms with Crippen LogP contribution in [-0.4, -0.2) is 9.13 Å². The Hall–Kier alpha value is -4.53. The molecule has 41 heavy (non-hydrogen) atoms. The molecule has 0 saturated carbocycles. The van der Waals surface area contributed by atoms with E-state index < -0.39 is 0 Å². The Morgan fingerprint density at radius 2 is 0.829 bits per heavy atom. The maximum Gasteiger partial charge on any atom is 4.00 e. The van der Waals surface area contributed by atoms with Crippen LogP contribution in [0.25, 0.3) is 64.9 Å². The van der Waals surface area contributed by atoms with Gasteiger partial charge in [0.15, 0.2) is 11.1 Å². The Morgan fingerprint density at radius 1 is 0.439 bits per heavy atom. The molecule has 198 valence electrons. The number of aromatic nitrogens is 2. The van der Waals surface area contributed by atoms with Crippen molar-refractivity contribution in [1.29, 1.82) is 0 Å². The molecule has 0 amide bonds. The molecular formula is C36H24N2O2Pt+2. The summed E-state index contributed by atoms with van der Waals surface area (Å²) in [6, 6.07) is 42.1. The van der Waals surface area contributed by atoms with Crippen LogP contribution in [0.1, 0.15) is 0 Å². The molecule has 0 spiro atoms. The Labute approximate surface area is 250 Å². The van der Waals surface area contributed by atoms with Crippen LogP contribution in [0.4, 0.5) is 0 Å². The second kappa shape index (κ2) is 10.5. The fourth-order valence-corrected chi connectivity index (χ4v) is 5.73. The van der Waals surface area contributed by atoms with Crippen LogP contribution >= 0.6 is 0 Å². The molecular weight excluding hydrogens is 687 g/mol. The molecule has 0 atom stereocenters. The summed E-state index contributed by atoms with van der Waals surface area (Å²) in [7, 11) is 3.59. The monoisotopic (exact) mass is 711 g/mol. The minimum atomic E-state index is -0.167. The fraction of sp³-hybridized carbons (Fsp3) is 0.0556. The second-order valence-corrected chi connectivity index (χ2v) is 10.1. The van der Waals surface area contributed by atoms with Gasteiger partial charge in [-0.3, -0.25) is 0 Å². The number of nitrogens with zero attached hydrogens (tertiary/aromatic N) is 2. The van der Waals surface area contributed by atoms with E-state index in [-0.39, 0.29) is 32.2 Å². The summed E-state index contributed by atoms with van der Waals surface area (Å²) in [5.41, 5.74) is 1.19. The third kappa shape index (κ3) is 4.36. The Balaban J connectivity index is 0.00000302. The van der Waals surface area contributed by atoms with Crippen LogP contribution < -0.4 is 11.1 Å². The molecule has 4 bridgehead atoms. The summed E-state index contributed by atoms with van der Waals surface area (Å²) in [5.74, 6) is 0. The third-order valence-corrected chi connectivity index (χ3v) is 7.71. The van der Waals surface area contributed by atoms with Gasteiger partial charge in [0.2, 0.25) is 0 Å². The molecule has 0 N–H and O–H groups in total. The zero-order valence-electron chi connectivity index (χ0n) is 22.4. The van der Waals surface area contributed by atoms with Crippen LogP contribution in [0, 0.1) is 12.1 Å². The predicted octanol–water partition coefficient (Wildman–Crippen LogP) is 7.29. The number of hydrogen-bond donors (Lipinski definition) is 0. The Bertz CT molecular complexity index is 2230. The summed E-state index contributed by atoms with van der Waals surface area (Å²) in [6.45, 7) is 0. The van der Waals surface area contributed by atoms with E-state index in [1.54, 1.807) is 35.4 Å². The van der Waals surface area contributed by atoms with Gasteiger partial charge in [0.1, 0.15) is 0 Å². The van der Waals surface area contributed by atoms with Gasteiger partial charge in [-0.1, -0.05) is 94.3 Å². The molecule has 0 saturated heterocycles. The van der Waals surface area contributed by atoms with E-state index in [9.17, 15) is 9.59 Å². The molecule has 0 aliphatic carbocycles. The van der Waals surface area contributed by atoms with Crippen LogP contribution in [0.3, 0.4) is 0 Å². The van der Waals surface area contributed by atoms with Crippen molar-refractivity contribution in [2.45, 2.75) is 0 Å². The molecule has 0 aliphatic rings. The van der Waals surface area contributed by atoms with E-state index in [1.165, 1.54) is 0 Å². The Morgan fingerprint density at radius 3 is 1.27 bits per heavy atom. The van der Waals surface area contributed by atoms with Gasteiger partial charge in [0.05, 0.1) is 0 Å². The van der Waals surface area contributed by atoms with Gasteiger partial charge in [-0.2, -0.15) is 0 Å². The van der Waals surface area contributed by atoms with Crippen molar-refractivity contribution in [1.82, 2.24) is 9.13 Å². The number of fused-ring (bicyclic) bond motifs is 12. The van der Waals surface area contributed by atoms with Crippen LogP contribution in [-0.2, 0) is 35.2 Å². The summed E-state index contributed by atoms with van der Waals surface area (Å²) >= 11 is 0. The molecule has 5 heteroatoms. The zero-order valence-corrected chi connectivity index (χ0v) is 24.7. The first kappa shape index (κ1) is 26.7. The predicted molar refractivity (Wildman–Crippen MR) is 166 cm³/mol. The summed E-state index contributed by atoms with van der Waals surface area (Å²) in [4.78, 5) is 28.1. The Kier molecular flexibility index (Phi) is 6.81. The van der Waals surface area contributed by atoms with E-state index in [0.717, 1.165) is 54.1 Å². The molecule has 1 heterocycles. The van der Waals surface area contributed by atoms with Gasteiger partial charge in [-0.05, 0) is 21.5 Å². The van der Waals surface area contributed by atoms with Crippen molar-refractivity contribution in [3.63, 3.8) is 0 Å². The van der Waals surface area contributed by atoms with Gasteiger partial charge < -0.3 is 18.7 Å². The van der Waals surface area contributed by atoms with Gasteiger partial charge in [-0.15, -0.1) is 59.3 Å². The summed E-state index contributed by atoms with van der Waals surface area (Å²) < 4.78 is 3.38. The molecule has 4 nitrogen and oxygen atoms in total. The van der Waals surface area contributed by atoms with Crippen molar-refractivity contribution >= 4 is 64.9 Å². The number of rotatable bonds is 0. The quantitative estimate of drug-likeness (QED) is 0.155. The zero-order chi connectivity index (χ0) is 27.4. The fourth-order valence-electron chi connectivity index (χ4n) is 5.73. The van der Waals surface area contributed by atoms with Gasteiger partial charge in [0.25, 0.3) is 0 Å². The molecule has 0 aliphatic heterocycles. The minimum Gasteiger partial charge on any atom is -0.349 e. The van der Waals surface area contributed by atoms with Gasteiger partial charge in [0, 0.05) is 25.1 Å². The third-order valence-electron chi connectivity index (χ3n) is 7.71. The molecule has 7 rings (SSSR count). The number of benzene rings is 6. The topological polar surface area (TPSA) is 44.0 Å². The van der Waals surface area contributed by atoms with E-state index in [0.29, 0.717) is 10.8 Å². The van der Waals surface area contributed by atoms with Crippen molar-refractivity contribution in [2.24, 2.45) is 14.1 Å². The maximum atomic E-state index is 14.1. The summed E-state index contributed by atoms with van der Waals surface area (Å²) in [6.07, 6.45) is 0. The molecule has 6 aromatic carbocycles. The molecule has 7 aromatic rings. The SMILES string of the molecule is Cn1c(=O)c2[c-]c(ccc2)c2ccc3ccccc3c2n(C)c(=O)c2[c-]c(ccc2)c2ccc3ccccc3c21.[Pt+4]. The van der Waals surface area contributed by atoms with Crippen molar-refractivity contribution < 1.29 is 21.1 Å². The van der Waals surface area contributed by atoms with Crippen molar-refractivity contribution in [3.8, 4) is 0 Å². The smallest absolute Gasteiger partial charge is 0.349 e. The van der Waals surface area contributed by atoms with E-state index in [4.69, 9.17) is 0 Å². The number of aryl methyl sites for hydroxylation is 2. The first-order chi connectivity index (χ1) is 19.5. The molecule has 0 fully saturated rings. The molecule has 1 aromatic heterocycles. The molecule has 0 radical (unpaired) electrons. The second-order valence-electron chi connectivity index (χ2n) is 10.1.